The van der Waals surface area contributed by atoms with Gasteiger partial charge in [-0.1, -0.05) is 126 Å². The molecular formula is C104H80ClF2N15O9. The molecule has 24 nitrogen and oxygen atoms in total. The van der Waals surface area contributed by atoms with Gasteiger partial charge < -0.3 is 46.6 Å². The molecule has 20 aromatic rings. The number of fused-ring (bicyclic) bond motifs is 15. The number of Topliss-reactive ketones (excluding diaryl/α,β-unsaturated/α-hetero) is 1. The van der Waals surface area contributed by atoms with Gasteiger partial charge in [0, 0.05) is 190 Å². The molecule has 27 heteroatoms. The van der Waals surface area contributed by atoms with E-state index < -0.39 is 35.5 Å². The van der Waals surface area contributed by atoms with Crippen molar-refractivity contribution >= 4 is 196 Å². The Morgan fingerprint density at radius 2 is 0.695 bits per heavy atom. The molecule has 0 saturated carbocycles. The van der Waals surface area contributed by atoms with E-state index in [0.29, 0.717) is 61.2 Å². The third kappa shape index (κ3) is 20.6. The van der Waals surface area contributed by atoms with E-state index in [0.717, 1.165) is 148 Å². The summed E-state index contributed by atoms with van der Waals surface area (Å²) in [6.45, 7) is 7.11. The molecule has 0 radical (unpaired) electrons. The molecule has 10 aromatic heterocycles. The molecule has 646 valence electrons. The van der Waals surface area contributed by atoms with E-state index in [-0.39, 0.29) is 28.2 Å². The van der Waals surface area contributed by atoms with Crippen molar-refractivity contribution < 1.29 is 52.8 Å². The molecule has 0 atom stereocenters. The van der Waals surface area contributed by atoms with Crippen LogP contribution >= 0.6 is 11.6 Å². The first-order valence-electron chi connectivity index (χ1n) is 41.5. The Bertz CT molecular complexity index is 7810. The maximum absolute atomic E-state index is 13.5. The Kier molecular flexibility index (Phi) is 26.5. The minimum atomic E-state index is -0.969. The first-order chi connectivity index (χ1) is 63.6. The molecule has 0 aliphatic heterocycles. The third-order valence-electron chi connectivity index (χ3n) is 21.6. The summed E-state index contributed by atoms with van der Waals surface area (Å²) in [5, 5.41) is 58.5. The van der Waals surface area contributed by atoms with Crippen LogP contribution in [0.5, 0.6) is 0 Å². The Morgan fingerprint density at radius 1 is 0.336 bits per heavy atom. The van der Waals surface area contributed by atoms with Crippen molar-refractivity contribution in [2.24, 2.45) is 0 Å². The summed E-state index contributed by atoms with van der Waals surface area (Å²) < 4.78 is 31.8. The summed E-state index contributed by atoms with van der Waals surface area (Å²) in [7, 11) is 1.36. The molecule has 0 fully saturated rings. The number of ether oxygens (including phenoxy) is 1. The number of anilines is 8. The van der Waals surface area contributed by atoms with Crippen LogP contribution in [0.4, 0.5) is 54.9 Å². The maximum Gasteiger partial charge on any atom is 0.337 e. The van der Waals surface area contributed by atoms with Crippen LogP contribution in [0.15, 0.2) is 305 Å². The normalized spacial score (nSPS) is 11.0. The number of nitrogens with one attached hydrogen (secondary N) is 5. The molecule has 10 aromatic carbocycles. The third-order valence-corrected chi connectivity index (χ3v) is 21.8. The zero-order valence-corrected chi connectivity index (χ0v) is 71.6. The number of ketones is 1. The van der Waals surface area contributed by atoms with E-state index in [1.165, 1.54) is 42.9 Å². The van der Waals surface area contributed by atoms with Gasteiger partial charge in [-0.25, -0.2) is 52.9 Å². The average Bonchev–Trinajstić information content (AvgIpc) is 0.753. The zero-order valence-electron chi connectivity index (χ0n) is 70.8. The van der Waals surface area contributed by atoms with E-state index in [1.54, 1.807) is 147 Å². The summed E-state index contributed by atoms with van der Waals surface area (Å²) in [6.07, 6.45) is 20.3. The van der Waals surface area contributed by atoms with Crippen molar-refractivity contribution in [3.05, 3.63) is 371 Å². The molecule has 0 spiro atoms. The van der Waals surface area contributed by atoms with Crippen LogP contribution in [0.3, 0.4) is 0 Å². The smallest absolute Gasteiger partial charge is 0.337 e. The number of aromatic nitrogens is 10. The number of benzene rings is 10. The van der Waals surface area contributed by atoms with Gasteiger partial charge in [0.1, 0.15) is 40.7 Å². The van der Waals surface area contributed by atoms with Crippen molar-refractivity contribution in [3.63, 3.8) is 0 Å². The molecule has 0 amide bonds. The summed E-state index contributed by atoms with van der Waals surface area (Å²) in [6, 6.07) is 72.4. The number of methoxy groups -OCH3 is 1. The van der Waals surface area contributed by atoms with E-state index in [9.17, 15) is 48.1 Å². The number of carboxylic acids is 3. The van der Waals surface area contributed by atoms with Gasteiger partial charge in [-0.2, -0.15) is 0 Å². The number of hydrogen-bond donors (Lipinski definition) is 8. The molecule has 0 aliphatic rings. The largest absolute Gasteiger partial charge is 0.478 e. The number of carbonyl (C=O) groups excluding carboxylic acids is 2. The second-order valence-corrected chi connectivity index (χ2v) is 31.1. The summed E-state index contributed by atoms with van der Waals surface area (Å²) >= 11 is 6.07. The van der Waals surface area contributed by atoms with Crippen molar-refractivity contribution in [1.82, 2.24) is 49.8 Å². The Morgan fingerprint density at radius 3 is 1.11 bits per heavy atom. The predicted octanol–water partition coefficient (Wildman–Crippen LogP) is 23.5. The Balaban J connectivity index is 0.000000120. The highest BCUT2D eigenvalue weighted by atomic mass is 35.5. The first kappa shape index (κ1) is 87.5. The minimum Gasteiger partial charge on any atom is -0.478 e. The van der Waals surface area contributed by atoms with E-state index >= 15 is 0 Å². The van der Waals surface area contributed by atoms with Gasteiger partial charge in [0.2, 0.25) is 0 Å². The number of carboxylic acid groups (broad SMARTS) is 3. The van der Waals surface area contributed by atoms with Crippen molar-refractivity contribution in [1.29, 1.82) is 0 Å². The summed E-state index contributed by atoms with van der Waals surface area (Å²) in [5.74, 6) is -1.44. The highest BCUT2D eigenvalue weighted by molar-refractivity contribution is 6.31. The van der Waals surface area contributed by atoms with Gasteiger partial charge in [0.15, 0.2) is 5.78 Å². The molecule has 0 unspecified atom stereocenters. The van der Waals surface area contributed by atoms with Gasteiger partial charge in [-0.05, 0) is 184 Å². The molecule has 0 aliphatic carbocycles. The fourth-order valence-electron chi connectivity index (χ4n) is 15.3. The average molecular weight is 1760 g/mol. The van der Waals surface area contributed by atoms with Crippen LogP contribution in [-0.2, 0) is 17.6 Å². The maximum atomic E-state index is 13.5. The standard InChI is InChI=1S/2C22H19N3O2.C20H14ClN3O2.C20H13F2N3O.C20H15N3O2/c1-14-3-2-4-15(11-14)7-10-24-21-18-8-9-23-13-19(18)17-6-5-16(22(26)27)12-20(17)25-21;26-22(27)16-8-9-17-19-14-23-12-10-18(19)21(25-20(17)13-16)24-11-4-7-15-5-2-1-3-6-15;1-26-20(25)12-5-6-15-17-11-22-8-7-16(17)19(24-18(15)9-12)23-14-4-2-3-13(21)10-14;1-11(26)12-2-3-16-18-10-23-5-4-17(18)20(25-19(16)6-12)24-15-8-13(21)7-14(22)9-15;1-12-3-2-4-14(9-12)22-19-16-7-8-21-11-17(16)15-6-5-13(20(24)25)10-18(15)23-19/h2-6,8-9,11-13H,7,10H2,1H3,(H,24,25)(H,26,27);1-3,5-6,8-10,12-14H,4,7,11H2,(H,24,25)(H,26,27);2-11H,1H3,(H,23,24);2-10H,1H3,(H,24,25);2-11H,1H3,(H,22,23)(H,24,25). The number of halogens is 3. The van der Waals surface area contributed by atoms with Crippen LogP contribution in [-0.4, -0.2) is 115 Å². The van der Waals surface area contributed by atoms with Crippen LogP contribution in [0.1, 0.15) is 87.4 Å². The Labute approximate surface area is 752 Å². The molecule has 0 bridgehead atoms. The number of aromatic carboxylic acids is 3. The molecule has 10 heterocycles. The molecule has 20 rings (SSSR count). The number of aryl methyl sites for hydroxylation is 3. The molecule has 0 saturated heterocycles. The highest BCUT2D eigenvalue weighted by Gasteiger charge is 2.20. The van der Waals surface area contributed by atoms with Gasteiger partial charge in [-0.15, -0.1) is 0 Å². The molecule has 131 heavy (non-hydrogen) atoms. The lowest BCUT2D eigenvalue weighted by Crippen LogP contribution is -2.07. The fraction of sp³-hybridized carbons (Fsp3) is 0.0865. The van der Waals surface area contributed by atoms with Gasteiger partial charge in [-0.3, -0.25) is 29.7 Å². The van der Waals surface area contributed by atoms with E-state index in [1.807, 2.05) is 110 Å². The SMILES string of the molecule is CC(=O)c1ccc2c(c1)nc(Nc1cc(F)cc(F)c1)c1ccncc12.COC(=O)c1ccc2c(c1)nc(Nc1cccc(Cl)c1)c1ccncc12.Cc1cccc(CCNc2nc3cc(C(=O)O)ccc3c3cnccc23)c1.Cc1cccc(Nc2nc3cc(C(=O)O)ccc3c3cnccc23)c1.O=C(O)c1ccc2c(c1)nc(NCCCc1ccccc1)c1ccncc12. The van der Waals surface area contributed by atoms with Crippen molar-refractivity contribution in [2.45, 2.75) is 40.0 Å². The van der Waals surface area contributed by atoms with Crippen LogP contribution in [0, 0.1) is 25.5 Å². The van der Waals surface area contributed by atoms with Crippen LogP contribution in [0.25, 0.3) is 108 Å². The quantitative estimate of drug-likeness (QED) is 0.0152. The molecular weight excluding hydrogens is 1680 g/mol. The monoisotopic (exact) mass is 1760 g/mol. The van der Waals surface area contributed by atoms with Gasteiger partial charge >= 0.3 is 23.9 Å². The van der Waals surface area contributed by atoms with Crippen LogP contribution < -0.4 is 26.6 Å². The lowest BCUT2D eigenvalue weighted by Gasteiger charge is -2.12. The summed E-state index contributed by atoms with van der Waals surface area (Å²) in [5.41, 5.74) is 11.8. The molecule has 8 N–H and O–H groups in total. The number of pyridine rings is 10. The lowest BCUT2D eigenvalue weighted by atomic mass is 10.0. The van der Waals surface area contributed by atoms with Gasteiger partial charge in [0.05, 0.1) is 56.9 Å². The lowest BCUT2D eigenvalue weighted by molar-refractivity contribution is 0.0598. The van der Waals surface area contributed by atoms with E-state index in [4.69, 9.17) is 26.3 Å². The topological polar surface area (TPSA) is 344 Å². The Hall–Kier alpha value is -17.0. The number of esters is 1. The number of hydrogen-bond acceptors (Lipinski definition) is 21. The number of carbonyl (C=O) groups is 5. The fourth-order valence-corrected chi connectivity index (χ4v) is 15.5. The minimum absolute atomic E-state index is 0.0679. The van der Waals surface area contributed by atoms with Gasteiger partial charge in [0.25, 0.3) is 0 Å². The van der Waals surface area contributed by atoms with Crippen molar-refractivity contribution in [3.8, 4) is 0 Å². The number of nitrogens with zero attached hydrogens (tertiary/aromatic N) is 10. The zero-order chi connectivity index (χ0) is 91.2. The van der Waals surface area contributed by atoms with Crippen LogP contribution in [0.2, 0.25) is 5.02 Å². The first-order valence-corrected chi connectivity index (χ1v) is 41.8. The number of rotatable bonds is 20. The van der Waals surface area contributed by atoms with E-state index in [2.05, 4.69) is 110 Å². The van der Waals surface area contributed by atoms with Crippen molar-refractivity contribution in [2.75, 3.05) is 46.8 Å². The highest BCUT2D eigenvalue weighted by Crippen LogP contribution is 2.38. The second kappa shape index (κ2) is 39.7. The second-order valence-electron chi connectivity index (χ2n) is 30.6. The predicted molar refractivity (Wildman–Crippen MR) is 513 cm³/mol. The summed E-state index contributed by atoms with van der Waals surface area (Å²) in [4.78, 5) is 102.